The summed E-state index contributed by atoms with van der Waals surface area (Å²) in [6, 6.07) is 9.09. The number of rotatable bonds is 5. The van der Waals surface area contributed by atoms with Crippen molar-refractivity contribution in [1.82, 2.24) is 10.2 Å². The third-order valence-electron chi connectivity index (χ3n) is 2.43. The number of hydrogen-bond donors (Lipinski definition) is 1. The van der Waals surface area contributed by atoms with Gasteiger partial charge in [0.25, 0.3) is 5.91 Å². The van der Waals surface area contributed by atoms with Crippen LogP contribution >= 0.6 is 0 Å². The highest BCUT2D eigenvalue weighted by Crippen LogP contribution is 2.08. The number of hydrogen-bond acceptors (Lipinski definition) is 3. The van der Waals surface area contributed by atoms with Crippen LogP contribution in [0.5, 0.6) is 5.75 Å². The molecule has 0 aliphatic carbocycles. The number of para-hydroxylation sites is 1. The van der Waals surface area contributed by atoms with Gasteiger partial charge in [0.2, 0.25) is 5.91 Å². The molecular weight excluding hydrogens is 256 g/mol. The fourth-order valence-electron chi connectivity index (χ4n) is 1.53. The van der Waals surface area contributed by atoms with E-state index in [9.17, 15) is 9.59 Å². The molecule has 0 heterocycles. The van der Waals surface area contributed by atoms with Gasteiger partial charge in [-0.3, -0.25) is 9.59 Å². The topological polar surface area (TPSA) is 58.6 Å². The van der Waals surface area contributed by atoms with E-state index in [1.807, 2.05) is 39.0 Å². The molecule has 0 unspecified atom stereocenters. The Hall–Kier alpha value is -2.04. The highest BCUT2D eigenvalue weighted by Gasteiger charge is 2.17. The first-order valence-electron chi connectivity index (χ1n) is 6.51. The lowest BCUT2D eigenvalue weighted by Crippen LogP contribution is -2.47. The number of amides is 2. The van der Waals surface area contributed by atoms with Crippen molar-refractivity contribution in [2.75, 3.05) is 20.2 Å². The quantitative estimate of drug-likeness (QED) is 0.886. The summed E-state index contributed by atoms with van der Waals surface area (Å²) in [6.07, 6.45) is 0. The first-order chi connectivity index (χ1) is 9.28. The molecule has 5 heteroatoms. The van der Waals surface area contributed by atoms with E-state index in [4.69, 9.17) is 4.74 Å². The standard InChI is InChI=1S/C15H22N2O3/c1-15(2,3)16-13(18)10-17(4)14(19)11-20-12-8-6-5-7-9-12/h5-9H,10-11H2,1-4H3,(H,16,18). The van der Waals surface area contributed by atoms with Crippen molar-refractivity contribution < 1.29 is 14.3 Å². The van der Waals surface area contributed by atoms with E-state index in [0.29, 0.717) is 5.75 Å². The molecule has 1 N–H and O–H groups in total. The predicted octanol–water partition coefficient (Wildman–Crippen LogP) is 1.44. The van der Waals surface area contributed by atoms with Crippen LogP contribution in [0.2, 0.25) is 0 Å². The van der Waals surface area contributed by atoms with Gasteiger partial charge in [-0.1, -0.05) is 18.2 Å². The third-order valence-corrected chi connectivity index (χ3v) is 2.43. The average Bonchev–Trinajstić information content (AvgIpc) is 2.34. The Labute approximate surface area is 119 Å². The van der Waals surface area contributed by atoms with Gasteiger partial charge < -0.3 is 15.0 Å². The Morgan fingerprint density at radius 1 is 1.20 bits per heavy atom. The highest BCUT2D eigenvalue weighted by molar-refractivity contribution is 5.85. The predicted molar refractivity (Wildman–Crippen MR) is 77.5 cm³/mol. The molecule has 1 aromatic rings. The first kappa shape index (κ1) is 16.0. The van der Waals surface area contributed by atoms with Crippen molar-refractivity contribution in [3.8, 4) is 5.75 Å². The lowest BCUT2D eigenvalue weighted by Gasteiger charge is -2.23. The van der Waals surface area contributed by atoms with Crippen LogP contribution in [-0.2, 0) is 9.59 Å². The molecule has 0 saturated heterocycles. The zero-order chi connectivity index (χ0) is 15.2. The maximum Gasteiger partial charge on any atom is 0.260 e. The van der Waals surface area contributed by atoms with Crippen molar-refractivity contribution in [1.29, 1.82) is 0 Å². The maximum absolute atomic E-state index is 11.8. The molecule has 0 saturated carbocycles. The Balaban J connectivity index is 2.38. The van der Waals surface area contributed by atoms with E-state index in [0.717, 1.165) is 0 Å². The van der Waals surface area contributed by atoms with Gasteiger partial charge in [0.05, 0.1) is 6.54 Å². The Morgan fingerprint density at radius 3 is 2.35 bits per heavy atom. The van der Waals surface area contributed by atoms with Gasteiger partial charge in [-0.15, -0.1) is 0 Å². The number of carbonyl (C=O) groups is 2. The molecule has 2 amide bonds. The summed E-state index contributed by atoms with van der Waals surface area (Å²) in [5, 5.41) is 2.81. The van der Waals surface area contributed by atoms with Gasteiger partial charge >= 0.3 is 0 Å². The normalized spacial score (nSPS) is 10.8. The van der Waals surface area contributed by atoms with Crippen LogP contribution in [0.25, 0.3) is 0 Å². The summed E-state index contributed by atoms with van der Waals surface area (Å²) < 4.78 is 5.35. The molecule has 0 atom stereocenters. The lowest BCUT2D eigenvalue weighted by molar-refractivity contribution is -0.136. The molecule has 0 fully saturated rings. The minimum absolute atomic E-state index is 0.0221. The molecule has 0 radical (unpaired) electrons. The summed E-state index contributed by atoms with van der Waals surface area (Å²) >= 11 is 0. The van der Waals surface area contributed by atoms with Gasteiger partial charge in [-0.2, -0.15) is 0 Å². The van der Waals surface area contributed by atoms with Crippen molar-refractivity contribution >= 4 is 11.8 Å². The van der Waals surface area contributed by atoms with Crippen LogP contribution < -0.4 is 10.1 Å². The third kappa shape index (κ3) is 6.22. The lowest BCUT2D eigenvalue weighted by atomic mass is 10.1. The summed E-state index contributed by atoms with van der Waals surface area (Å²) in [5.41, 5.74) is -0.304. The molecule has 0 spiro atoms. The summed E-state index contributed by atoms with van der Waals surface area (Å²) in [6.45, 7) is 5.62. The molecule has 5 nitrogen and oxygen atoms in total. The van der Waals surface area contributed by atoms with E-state index in [2.05, 4.69) is 5.32 Å². The minimum atomic E-state index is -0.304. The van der Waals surface area contributed by atoms with Crippen molar-refractivity contribution in [2.45, 2.75) is 26.3 Å². The SMILES string of the molecule is CN(CC(=O)NC(C)(C)C)C(=O)COc1ccccc1. The monoisotopic (exact) mass is 278 g/mol. The Bertz CT molecular complexity index is 452. The Kier molecular flexibility index (Phi) is 5.55. The van der Waals surface area contributed by atoms with Crippen LogP contribution in [0.1, 0.15) is 20.8 Å². The fourth-order valence-corrected chi connectivity index (χ4v) is 1.53. The number of ether oxygens (including phenoxy) is 1. The smallest absolute Gasteiger partial charge is 0.260 e. The largest absolute Gasteiger partial charge is 0.484 e. The van der Waals surface area contributed by atoms with Crippen LogP contribution in [0.4, 0.5) is 0 Å². The van der Waals surface area contributed by atoms with Gasteiger partial charge in [0.15, 0.2) is 6.61 Å². The second kappa shape index (κ2) is 6.93. The molecular formula is C15H22N2O3. The molecule has 1 rings (SSSR count). The molecule has 0 bridgehead atoms. The van der Waals surface area contributed by atoms with Gasteiger partial charge in [-0.25, -0.2) is 0 Å². The summed E-state index contributed by atoms with van der Waals surface area (Å²) in [5.74, 6) is 0.208. The van der Waals surface area contributed by atoms with E-state index in [1.54, 1.807) is 19.2 Å². The highest BCUT2D eigenvalue weighted by atomic mass is 16.5. The van der Waals surface area contributed by atoms with E-state index >= 15 is 0 Å². The number of nitrogens with zero attached hydrogens (tertiary/aromatic N) is 1. The van der Waals surface area contributed by atoms with E-state index in [-0.39, 0.29) is 30.5 Å². The minimum Gasteiger partial charge on any atom is -0.484 e. The fraction of sp³-hybridized carbons (Fsp3) is 0.467. The van der Waals surface area contributed by atoms with Gasteiger partial charge in [0, 0.05) is 12.6 Å². The van der Waals surface area contributed by atoms with E-state index < -0.39 is 0 Å². The second-order valence-electron chi connectivity index (χ2n) is 5.65. The summed E-state index contributed by atoms with van der Waals surface area (Å²) in [7, 11) is 1.58. The zero-order valence-corrected chi connectivity index (χ0v) is 12.5. The second-order valence-corrected chi connectivity index (χ2v) is 5.65. The van der Waals surface area contributed by atoms with Crippen molar-refractivity contribution in [3.63, 3.8) is 0 Å². The van der Waals surface area contributed by atoms with Gasteiger partial charge in [-0.05, 0) is 32.9 Å². The van der Waals surface area contributed by atoms with Crippen LogP contribution in [0.3, 0.4) is 0 Å². The summed E-state index contributed by atoms with van der Waals surface area (Å²) in [4.78, 5) is 24.9. The van der Waals surface area contributed by atoms with Gasteiger partial charge in [0.1, 0.15) is 5.75 Å². The average molecular weight is 278 g/mol. The van der Waals surface area contributed by atoms with Crippen molar-refractivity contribution in [3.05, 3.63) is 30.3 Å². The zero-order valence-electron chi connectivity index (χ0n) is 12.5. The van der Waals surface area contributed by atoms with Crippen LogP contribution in [-0.4, -0.2) is 42.5 Å². The molecule has 0 aromatic heterocycles. The van der Waals surface area contributed by atoms with Crippen LogP contribution in [0, 0.1) is 0 Å². The number of benzene rings is 1. The molecule has 0 aliphatic rings. The molecule has 110 valence electrons. The first-order valence-corrected chi connectivity index (χ1v) is 6.51. The molecule has 0 aliphatic heterocycles. The number of carbonyl (C=O) groups excluding carboxylic acids is 2. The molecule has 20 heavy (non-hydrogen) atoms. The maximum atomic E-state index is 11.8. The van der Waals surface area contributed by atoms with E-state index in [1.165, 1.54) is 4.90 Å². The van der Waals surface area contributed by atoms with Crippen LogP contribution in [0.15, 0.2) is 30.3 Å². The molecule has 1 aromatic carbocycles. The Morgan fingerprint density at radius 2 is 1.80 bits per heavy atom. The number of likely N-dealkylation sites (N-methyl/N-ethyl adjacent to an activating group) is 1. The van der Waals surface area contributed by atoms with Crippen molar-refractivity contribution in [2.24, 2.45) is 0 Å². The number of nitrogens with one attached hydrogen (secondary N) is 1.